The molecule has 2 N–H and O–H groups in total. The Bertz CT molecular complexity index is 596. The number of anilines is 1. The van der Waals surface area contributed by atoms with E-state index in [1.807, 2.05) is 17.9 Å². The number of hydrogen-bond acceptors (Lipinski definition) is 4. The van der Waals surface area contributed by atoms with Gasteiger partial charge in [0.2, 0.25) is 10.0 Å². The molecule has 1 fully saturated rings. The van der Waals surface area contributed by atoms with Gasteiger partial charge >= 0.3 is 0 Å². The normalized spacial score (nSPS) is 18.8. The highest BCUT2D eigenvalue weighted by Crippen LogP contribution is 2.23. The van der Waals surface area contributed by atoms with Crippen LogP contribution >= 0.6 is 0 Å². The third-order valence-electron chi connectivity index (χ3n) is 3.62. The quantitative estimate of drug-likeness (QED) is 0.892. The van der Waals surface area contributed by atoms with E-state index in [2.05, 4.69) is 0 Å². The predicted octanol–water partition coefficient (Wildman–Crippen LogP) is 0.797. The maximum atomic E-state index is 14.2. The summed E-state index contributed by atoms with van der Waals surface area (Å²) in [6.45, 7) is 3.66. The first-order valence-electron chi connectivity index (χ1n) is 7.01. The number of nitrogens with two attached hydrogens (primary N) is 1. The largest absolute Gasteiger partial charge is 0.367 e. The molecule has 0 aromatic heterocycles. The van der Waals surface area contributed by atoms with Crippen LogP contribution in [0.3, 0.4) is 0 Å². The molecule has 0 amide bonds. The van der Waals surface area contributed by atoms with E-state index in [0.717, 1.165) is 5.56 Å². The molecule has 5 nitrogen and oxygen atoms in total. The highest BCUT2D eigenvalue weighted by atomic mass is 32.2. The van der Waals surface area contributed by atoms with Gasteiger partial charge in [-0.3, -0.25) is 0 Å². The summed E-state index contributed by atoms with van der Waals surface area (Å²) in [5, 5.41) is 0. The molecule has 0 radical (unpaired) electrons. The third kappa shape index (κ3) is 4.15. The Morgan fingerprint density at radius 2 is 1.90 bits per heavy atom. The first-order chi connectivity index (χ1) is 9.77. The summed E-state index contributed by atoms with van der Waals surface area (Å²) in [4.78, 5) is 1.88. The van der Waals surface area contributed by atoms with Gasteiger partial charge in [0.25, 0.3) is 0 Å². The van der Waals surface area contributed by atoms with Crippen molar-refractivity contribution in [3.63, 3.8) is 0 Å². The highest BCUT2D eigenvalue weighted by molar-refractivity contribution is 7.88. The van der Waals surface area contributed by atoms with Crippen molar-refractivity contribution in [3.05, 3.63) is 29.6 Å². The van der Waals surface area contributed by atoms with Crippen molar-refractivity contribution in [2.24, 2.45) is 5.73 Å². The average molecular weight is 315 g/mol. The molecule has 1 atom stereocenters. The standard InChI is InChI=1S/C14H22FN3O2S/c1-11(16)9-12-3-4-14(13(15)10-12)17-5-7-18(8-6-17)21(2,19)20/h3-4,10-11H,5-9,16H2,1-2H3. The van der Waals surface area contributed by atoms with Crippen LogP contribution < -0.4 is 10.6 Å². The molecule has 118 valence electrons. The molecule has 1 saturated heterocycles. The molecule has 1 aliphatic heterocycles. The molecular weight excluding hydrogens is 293 g/mol. The Balaban J connectivity index is 2.07. The van der Waals surface area contributed by atoms with Crippen LogP contribution in [0.4, 0.5) is 10.1 Å². The molecule has 0 bridgehead atoms. The lowest BCUT2D eigenvalue weighted by Crippen LogP contribution is -2.48. The molecule has 1 unspecified atom stereocenters. The lowest BCUT2D eigenvalue weighted by Gasteiger charge is -2.35. The van der Waals surface area contributed by atoms with Crippen molar-refractivity contribution in [1.82, 2.24) is 4.31 Å². The zero-order valence-corrected chi connectivity index (χ0v) is 13.2. The fraction of sp³-hybridized carbons (Fsp3) is 0.571. The molecule has 2 rings (SSSR count). The van der Waals surface area contributed by atoms with Gasteiger partial charge in [0.05, 0.1) is 11.9 Å². The van der Waals surface area contributed by atoms with Crippen LogP contribution in [0.25, 0.3) is 0 Å². The van der Waals surface area contributed by atoms with Crippen molar-refractivity contribution in [2.45, 2.75) is 19.4 Å². The zero-order chi connectivity index (χ0) is 15.6. The van der Waals surface area contributed by atoms with E-state index >= 15 is 0 Å². The van der Waals surface area contributed by atoms with Crippen LogP contribution in [0, 0.1) is 5.82 Å². The van der Waals surface area contributed by atoms with E-state index in [1.54, 1.807) is 6.07 Å². The predicted molar refractivity (Wildman–Crippen MR) is 82.4 cm³/mol. The molecule has 1 heterocycles. The van der Waals surface area contributed by atoms with Crippen molar-refractivity contribution < 1.29 is 12.8 Å². The van der Waals surface area contributed by atoms with Crippen LogP contribution in [-0.2, 0) is 16.4 Å². The first kappa shape index (κ1) is 16.2. The molecule has 0 aliphatic carbocycles. The Kier molecular flexibility index (Phi) is 4.85. The second kappa shape index (κ2) is 6.29. The number of halogens is 1. The van der Waals surface area contributed by atoms with E-state index in [-0.39, 0.29) is 11.9 Å². The maximum absolute atomic E-state index is 14.2. The molecule has 21 heavy (non-hydrogen) atoms. The summed E-state index contributed by atoms with van der Waals surface area (Å²) in [6, 6.07) is 5.14. The lowest BCUT2D eigenvalue weighted by atomic mass is 10.1. The number of benzene rings is 1. The number of sulfonamides is 1. The van der Waals surface area contributed by atoms with E-state index < -0.39 is 10.0 Å². The van der Waals surface area contributed by atoms with Gasteiger partial charge in [-0.05, 0) is 31.0 Å². The molecule has 7 heteroatoms. The number of nitrogens with zero attached hydrogens (tertiary/aromatic N) is 2. The Labute approximate surface area is 125 Å². The summed E-state index contributed by atoms with van der Waals surface area (Å²) in [5.41, 5.74) is 7.12. The van der Waals surface area contributed by atoms with Crippen molar-refractivity contribution in [1.29, 1.82) is 0 Å². The first-order valence-corrected chi connectivity index (χ1v) is 8.86. The van der Waals surface area contributed by atoms with E-state index in [0.29, 0.717) is 38.3 Å². The van der Waals surface area contributed by atoms with Crippen LogP contribution in [-0.4, -0.2) is 51.2 Å². The molecule has 0 spiro atoms. The average Bonchev–Trinajstić information content (AvgIpc) is 2.37. The van der Waals surface area contributed by atoms with Gasteiger partial charge in [-0.15, -0.1) is 0 Å². The Morgan fingerprint density at radius 3 is 2.38 bits per heavy atom. The van der Waals surface area contributed by atoms with Crippen molar-refractivity contribution in [2.75, 3.05) is 37.3 Å². The van der Waals surface area contributed by atoms with Gasteiger partial charge < -0.3 is 10.6 Å². The molecule has 1 aromatic carbocycles. The fourth-order valence-corrected chi connectivity index (χ4v) is 3.39. The summed E-state index contributed by atoms with van der Waals surface area (Å²) >= 11 is 0. The van der Waals surface area contributed by atoms with Gasteiger partial charge in [0.1, 0.15) is 5.82 Å². The van der Waals surface area contributed by atoms with E-state index in [4.69, 9.17) is 5.73 Å². The molecular formula is C14H22FN3O2S. The van der Waals surface area contributed by atoms with Crippen LogP contribution in [0.15, 0.2) is 18.2 Å². The molecule has 1 aliphatic rings. The van der Waals surface area contributed by atoms with Crippen LogP contribution in [0.1, 0.15) is 12.5 Å². The summed E-state index contributed by atoms with van der Waals surface area (Å²) in [6.07, 6.45) is 1.84. The van der Waals surface area contributed by atoms with Gasteiger partial charge in [0, 0.05) is 32.2 Å². The van der Waals surface area contributed by atoms with E-state index in [9.17, 15) is 12.8 Å². The second-order valence-corrected chi connectivity index (χ2v) is 7.60. The molecule has 1 aromatic rings. The minimum Gasteiger partial charge on any atom is -0.367 e. The van der Waals surface area contributed by atoms with Crippen molar-refractivity contribution in [3.8, 4) is 0 Å². The summed E-state index contributed by atoms with van der Waals surface area (Å²) < 4.78 is 38.6. The SMILES string of the molecule is CC(N)Cc1ccc(N2CCN(S(C)(=O)=O)CC2)c(F)c1. The molecule has 0 saturated carbocycles. The summed E-state index contributed by atoms with van der Waals surface area (Å²) in [7, 11) is -3.16. The van der Waals surface area contributed by atoms with Gasteiger partial charge in [-0.25, -0.2) is 12.8 Å². The Hall–Kier alpha value is -1.18. The minimum atomic E-state index is -3.16. The minimum absolute atomic E-state index is 0.00597. The van der Waals surface area contributed by atoms with Crippen LogP contribution in [0.5, 0.6) is 0 Å². The number of piperazine rings is 1. The topological polar surface area (TPSA) is 66.6 Å². The van der Waals surface area contributed by atoms with E-state index in [1.165, 1.54) is 16.6 Å². The second-order valence-electron chi connectivity index (χ2n) is 5.62. The maximum Gasteiger partial charge on any atom is 0.211 e. The lowest BCUT2D eigenvalue weighted by molar-refractivity contribution is 0.386. The monoisotopic (exact) mass is 315 g/mol. The summed E-state index contributed by atoms with van der Waals surface area (Å²) in [5.74, 6) is -0.277. The smallest absolute Gasteiger partial charge is 0.211 e. The van der Waals surface area contributed by atoms with Gasteiger partial charge in [-0.1, -0.05) is 6.07 Å². The fourth-order valence-electron chi connectivity index (χ4n) is 2.57. The highest BCUT2D eigenvalue weighted by Gasteiger charge is 2.24. The zero-order valence-electron chi connectivity index (χ0n) is 12.4. The van der Waals surface area contributed by atoms with Crippen molar-refractivity contribution >= 4 is 15.7 Å². The van der Waals surface area contributed by atoms with Gasteiger partial charge in [0.15, 0.2) is 0 Å². The van der Waals surface area contributed by atoms with Crippen LogP contribution in [0.2, 0.25) is 0 Å². The Morgan fingerprint density at radius 1 is 1.29 bits per heavy atom. The van der Waals surface area contributed by atoms with Gasteiger partial charge in [-0.2, -0.15) is 4.31 Å². The number of rotatable bonds is 4. The number of hydrogen-bond donors (Lipinski definition) is 1. The third-order valence-corrected chi connectivity index (χ3v) is 4.92.